The Kier molecular flexibility index (Phi) is 54.2. The Morgan fingerprint density at radius 1 is 0.381 bits per heavy atom. The summed E-state index contributed by atoms with van der Waals surface area (Å²) in [4.78, 5) is 12.5. The summed E-state index contributed by atoms with van der Waals surface area (Å²) in [6.07, 6.45) is 73.1. The van der Waals surface area contributed by atoms with Crippen molar-refractivity contribution in [3.63, 3.8) is 0 Å². The van der Waals surface area contributed by atoms with Crippen LogP contribution in [0.5, 0.6) is 0 Å². The number of unbranched alkanes of at least 4 members (excludes halogenated alkanes) is 43. The minimum Gasteiger partial charge on any atom is -0.394 e. The maximum atomic E-state index is 12.5. The molecule has 63 heavy (non-hydrogen) atoms. The lowest BCUT2D eigenvalue weighted by Crippen LogP contribution is -2.45. The van der Waals surface area contributed by atoms with Gasteiger partial charge in [-0.1, -0.05) is 301 Å². The second-order valence-corrected chi connectivity index (χ2v) is 20.1. The zero-order valence-corrected chi connectivity index (χ0v) is 43.1. The van der Waals surface area contributed by atoms with Gasteiger partial charge in [-0.25, -0.2) is 0 Å². The van der Waals surface area contributed by atoms with Crippen LogP contribution < -0.4 is 5.32 Å². The molecule has 0 bridgehead atoms. The Labute approximate surface area is 396 Å². The molecule has 0 aliphatic heterocycles. The standard InChI is InChI=1S/C59H115NO3/c1-3-5-7-9-11-13-15-17-19-21-23-25-27-28-29-30-31-32-33-35-37-39-41-43-45-47-49-51-53-55-59(63)60-57(56-61)58(62)54-52-50-48-46-44-42-40-38-36-34-26-24-22-20-18-16-14-12-10-8-6-4-2/h15,17,21,23,57-58,61-62H,3-14,16,18-20,22,24-56H2,1-2H3,(H,60,63)/b17-15-,23-21-. The average molecular weight is 887 g/mol. The molecule has 0 fully saturated rings. The fourth-order valence-electron chi connectivity index (χ4n) is 9.28. The number of aliphatic hydroxyl groups is 2. The average Bonchev–Trinajstić information content (AvgIpc) is 3.29. The van der Waals surface area contributed by atoms with Crippen molar-refractivity contribution < 1.29 is 15.0 Å². The summed E-state index contributed by atoms with van der Waals surface area (Å²) in [7, 11) is 0. The highest BCUT2D eigenvalue weighted by molar-refractivity contribution is 5.76. The van der Waals surface area contributed by atoms with Crippen molar-refractivity contribution in [2.45, 2.75) is 341 Å². The molecule has 0 radical (unpaired) electrons. The number of hydrogen-bond donors (Lipinski definition) is 3. The van der Waals surface area contributed by atoms with E-state index in [1.807, 2.05) is 0 Å². The quantitative estimate of drug-likeness (QED) is 0.0421. The second-order valence-electron chi connectivity index (χ2n) is 20.1. The van der Waals surface area contributed by atoms with E-state index in [9.17, 15) is 15.0 Å². The molecule has 374 valence electrons. The lowest BCUT2D eigenvalue weighted by Gasteiger charge is -2.22. The first-order valence-electron chi connectivity index (χ1n) is 29.0. The van der Waals surface area contributed by atoms with Gasteiger partial charge in [-0.15, -0.1) is 0 Å². The SMILES string of the molecule is CCCCCCC/C=C\C/C=C\CCCCCCCCCCCCCCCCCCCC(=O)NC(CO)C(O)CCCCCCCCCCCCCCCCCCCCCCCC. The van der Waals surface area contributed by atoms with Crippen molar-refractivity contribution >= 4 is 5.91 Å². The Bertz CT molecular complexity index is 916. The monoisotopic (exact) mass is 886 g/mol. The molecule has 4 heteroatoms. The number of carbonyl (C=O) groups is 1. The molecule has 0 heterocycles. The molecule has 0 saturated carbocycles. The molecule has 2 unspecified atom stereocenters. The third-order valence-corrected chi connectivity index (χ3v) is 13.7. The molecule has 1 amide bonds. The summed E-state index contributed by atoms with van der Waals surface area (Å²) in [5.41, 5.74) is 0. The molecule has 4 nitrogen and oxygen atoms in total. The van der Waals surface area contributed by atoms with E-state index in [1.165, 1.54) is 270 Å². The Hall–Kier alpha value is -1.13. The highest BCUT2D eigenvalue weighted by Crippen LogP contribution is 2.18. The first-order valence-corrected chi connectivity index (χ1v) is 29.0. The summed E-state index contributed by atoms with van der Waals surface area (Å²) < 4.78 is 0. The molecule has 0 aliphatic rings. The van der Waals surface area contributed by atoms with Crippen molar-refractivity contribution in [1.82, 2.24) is 5.32 Å². The van der Waals surface area contributed by atoms with Gasteiger partial charge in [0.2, 0.25) is 5.91 Å². The van der Waals surface area contributed by atoms with E-state index in [1.54, 1.807) is 0 Å². The number of hydrogen-bond acceptors (Lipinski definition) is 3. The minimum atomic E-state index is -0.658. The van der Waals surface area contributed by atoms with Gasteiger partial charge in [0.15, 0.2) is 0 Å². The maximum absolute atomic E-state index is 12.5. The normalized spacial score (nSPS) is 12.9. The van der Waals surface area contributed by atoms with Gasteiger partial charge in [-0.2, -0.15) is 0 Å². The lowest BCUT2D eigenvalue weighted by molar-refractivity contribution is -0.123. The van der Waals surface area contributed by atoms with E-state index in [-0.39, 0.29) is 12.5 Å². The van der Waals surface area contributed by atoms with E-state index in [4.69, 9.17) is 0 Å². The van der Waals surface area contributed by atoms with E-state index < -0.39 is 12.1 Å². The first kappa shape index (κ1) is 61.9. The Morgan fingerprint density at radius 2 is 0.651 bits per heavy atom. The molecular formula is C59H115NO3. The third-order valence-electron chi connectivity index (χ3n) is 13.7. The fourth-order valence-corrected chi connectivity index (χ4v) is 9.28. The molecule has 0 aliphatic carbocycles. The van der Waals surface area contributed by atoms with Crippen LogP contribution in [0.25, 0.3) is 0 Å². The number of rotatable bonds is 54. The van der Waals surface area contributed by atoms with E-state index >= 15 is 0 Å². The zero-order chi connectivity index (χ0) is 45.6. The molecule has 0 spiro atoms. The van der Waals surface area contributed by atoms with Gasteiger partial charge in [0.05, 0.1) is 18.8 Å². The van der Waals surface area contributed by atoms with Gasteiger partial charge in [-0.3, -0.25) is 4.79 Å². The molecule has 0 aromatic rings. The van der Waals surface area contributed by atoms with Crippen molar-refractivity contribution in [3.8, 4) is 0 Å². The summed E-state index contributed by atoms with van der Waals surface area (Å²) in [5, 5.41) is 23.4. The highest BCUT2D eigenvalue weighted by Gasteiger charge is 2.20. The molecular weight excluding hydrogens is 771 g/mol. The molecule has 0 saturated heterocycles. The Balaban J connectivity index is 3.42. The molecule has 3 N–H and O–H groups in total. The van der Waals surface area contributed by atoms with E-state index in [0.717, 1.165) is 32.1 Å². The first-order chi connectivity index (χ1) is 31.2. The van der Waals surface area contributed by atoms with Crippen LogP contribution in [0.15, 0.2) is 24.3 Å². The molecule has 0 aromatic carbocycles. The second kappa shape index (κ2) is 55.2. The number of aliphatic hydroxyl groups excluding tert-OH is 2. The van der Waals surface area contributed by atoms with Crippen LogP contribution in [-0.2, 0) is 4.79 Å². The van der Waals surface area contributed by atoms with Gasteiger partial charge >= 0.3 is 0 Å². The fraction of sp³-hybridized carbons (Fsp3) is 0.915. The lowest BCUT2D eigenvalue weighted by atomic mass is 10.0. The third kappa shape index (κ3) is 51.7. The smallest absolute Gasteiger partial charge is 0.220 e. The van der Waals surface area contributed by atoms with Gasteiger partial charge in [-0.05, 0) is 44.9 Å². The highest BCUT2D eigenvalue weighted by atomic mass is 16.3. The van der Waals surface area contributed by atoms with Gasteiger partial charge in [0.1, 0.15) is 0 Å². The molecule has 0 rings (SSSR count). The van der Waals surface area contributed by atoms with Crippen LogP contribution in [-0.4, -0.2) is 34.9 Å². The largest absolute Gasteiger partial charge is 0.394 e. The van der Waals surface area contributed by atoms with Gasteiger partial charge < -0.3 is 15.5 Å². The van der Waals surface area contributed by atoms with Crippen molar-refractivity contribution in [1.29, 1.82) is 0 Å². The van der Waals surface area contributed by atoms with E-state index in [0.29, 0.717) is 12.8 Å². The summed E-state index contributed by atoms with van der Waals surface area (Å²) in [5.74, 6) is -0.0249. The predicted octanol–water partition coefficient (Wildman–Crippen LogP) is 19.1. The number of amides is 1. The summed E-state index contributed by atoms with van der Waals surface area (Å²) >= 11 is 0. The van der Waals surface area contributed by atoms with Crippen LogP contribution >= 0.6 is 0 Å². The van der Waals surface area contributed by atoms with Crippen LogP contribution in [0.3, 0.4) is 0 Å². The molecule has 2 atom stereocenters. The van der Waals surface area contributed by atoms with Crippen LogP contribution in [0.4, 0.5) is 0 Å². The summed E-state index contributed by atoms with van der Waals surface area (Å²) in [6.45, 7) is 4.39. The van der Waals surface area contributed by atoms with Crippen molar-refractivity contribution in [2.75, 3.05) is 6.61 Å². The van der Waals surface area contributed by atoms with Crippen molar-refractivity contribution in [3.05, 3.63) is 24.3 Å². The van der Waals surface area contributed by atoms with Crippen LogP contribution in [0.2, 0.25) is 0 Å². The zero-order valence-electron chi connectivity index (χ0n) is 43.1. The predicted molar refractivity (Wildman–Crippen MR) is 281 cm³/mol. The minimum absolute atomic E-state index is 0.0249. The van der Waals surface area contributed by atoms with Crippen LogP contribution in [0.1, 0.15) is 328 Å². The Morgan fingerprint density at radius 3 is 0.952 bits per heavy atom. The van der Waals surface area contributed by atoms with Gasteiger partial charge in [0.25, 0.3) is 0 Å². The van der Waals surface area contributed by atoms with Crippen molar-refractivity contribution in [2.24, 2.45) is 0 Å². The van der Waals surface area contributed by atoms with E-state index in [2.05, 4.69) is 43.5 Å². The number of carbonyl (C=O) groups excluding carboxylic acids is 1. The van der Waals surface area contributed by atoms with Gasteiger partial charge in [0, 0.05) is 6.42 Å². The maximum Gasteiger partial charge on any atom is 0.220 e. The topological polar surface area (TPSA) is 69.6 Å². The number of nitrogens with one attached hydrogen (secondary N) is 1. The molecule has 0 aromatic heterocycles. The summed E-state index contributed by atoms with van der Waals surface area (Å²) in [6, 6.07) is -0.535. The number of allylic oxidation sites excluding steroid dienone is 4. The van der Waals surface area contributed by atoms with Crippen LogP contribution in [0, 0.1) is 0 Å².